The molecule has 5 heteroatoms. The predicted molar refractivity (Wildman–Crippen MR) is 72.3 cm³/mol. The van der Waals surface area contributed by atoms with Crippen LogP contribution in [0.1, 0.15) is 69.5 Å². The Morgan fingerprint density at radius 3 is 2.55 bits per heavy atom. The van der Waals surface area contributed by atoms with Crippen molar-refractivity contribution >= 4 is 5.97 Å². The van der Waals surface area contributed by atoms with Crippen molar-refractivity contribution in [3.05, 3.63) is 11.7 Å². The van der Waals surface area contributed by atoms with Crippen molar-refractivity contribution in [1.82, 2.24) is 10.1 Å². The Morgan fingerprint density at radius 1 is 1.35 bits per heavy atom. The molecule has 3 rings (SSSR count). The molecule has 0 radical (unpaired) electrons. The molecule has 2 aliphatic carbocycles. The van der Waals surface area contributed by atoms with Gasteiger partial charge >= 0.3 is 5.97 Å². The Labute approximate surface area is 118 Å². The molecule has 1 aromatic rings. The molecule has 2 unspecified atom stereocenters. The summed E-state index contributed by atoms with van der Waals surface area (Å²) in [6, 6.07) is 0. The van der Waals surface area contributed by atoms with Gasteiger partial charge in [0.05, 0.1) is 5.41 Å². The molecule has 110 valence electrons. The van der Waals surface area contributed by atoms with E-state index in [4.69, 9.17) is 4.52 Å². The summed E-state index contributed by atoms with van der Waals surface area (Å²) < 4.78 is 5.31. The van der Waals surface area contributed by atoms with Crippen LogP contribution < -0.4 is 0 Å². The largest absolute Gasteiger partial charge is 0.481 e. The number of carboxylic acid groups (broad SMARTS) is 1. The van der Waals surface area contributed by atoms with Gasteiger partial charge in [-0.1, -0.05) is 37.8 Å². The number of hydrogen-bond donors (Lipinski definition) is 1. The Morgan fingerprint density at radius 2 is 2.00 bits per heavy atom. The molecule has 1 heterocycles. The molecule has 20 heavy (non-hydrogen) atoms. The summed E-state index contributed by atoms with van der Waals surface area (Å²) in [6.45, 7) is 2.17. The van der Waals surface area contributed by atoms with Crippen molar-refractivity contribution in [2.24, 2.45) is 11.3 Å². The highest BCUT2D eigenvalue weighted by molar-refractivity contribution is 5.74. The number of aromatic nitrogens is 2. The molecular weight excluding hydrogens is 256 g/mol. The van der Waals surface area contributed by atoms with Gasteiger partial charge in [0.1, 0.15) is 0 Å². The van der Waals surface area contributed by atoms with Crippen LogP contribution in [0.25, 0.3) is 0 Å². The van der Waals surface area contributed by atoms with E-state index < -0.39 is 11.4 Å². The second-order valence-corrected chi connectivity index (χ2v) is 6.54. The molecule has 0 saturated heterocycles. The van der Waals surface area contributed by atoms with Gasteiger partial charge in [0.15, 0.2) is 5.82 Å². The van der Waals surface area contributed by atoms with E-state index in [9.17, 15) is 9.90 Å². The maximum atomic E-state index is 11.7. The Kier molecular flexibility index (Phi) is 3.52. The molecule has 5 nitrogen and oxygen atoms in total. The van der Waals surface area contributed by atoms with Gasteiger partial charge in [-0.3, -0.25) is 4.79 Å². The Hall–Kier alpha value is -1.39. The molecule has 1 N–H and O–H groups in total. The molecule has 2 aliphatic rings. The number of hydrogen-bond acceptors (Lipinski definition) is 4. The van der Waals surface area contributed by atoms with Crippen molar-refractivity contribution in [2.45, 2.75) is 64.2 Å². The minimum Gasteiger partial charge on any atom is -0.481 e. The zero-order chi connectivity index (χ0) is 14.2. The minimum absolute atomic E-state index is 0.385. The summed E-state index contributed by atoms with van der Waals surface area (Å²) in [4.78, 5) is 16.2. The number of aliphatic carboxylic acids is 1. The fourth-order valence-corrected chi connectivity index (χ4v) is 3.33. The summed E-state index contributed by atoms with van der Waals surface area (Å²) in [6.07, 6.45) is 7.16. The van der Waals surface area contributed by atoms with Gasteiger partial charge in [-0.2, -0.15) is 4.98 Å². The zero-order valence-electron chi connectivity index (χ0n) is 12.0. The van der Waals surface area contributed by atoms with E-state index in [-0.39, 0.29) is 0 Å². The molecule has 2 saturated carbocycles. The molecular formula is C15H22N2O3. The van der Waals surface area contributed by atoms with Crippen LogP contribution in [0.3, 0.4) is 0 Å². The average molecular weight is 278 g/mol. The van der Waals surface area contributed by atoms with Crippen molar-refractivity contribution in [3.63, 3.8) is 0 Å². The first-order valence-electron chi connectivity index (χ1n) is 7.67. The molecule has 0 amide bonds. The van der Waals surface area contributed by atoms with Crippen LogP contribution in [0.15, 0.2) is 4.52 Å². The Bertz CT molecular complexity index is 489. The van der Waals surface area contributed by atoms with Crippen LogP contribution in [0.2, 0.25) is 0 Å². The summed E-state index contributed by atoms with van der Waals surface area (Å²) in [7, 11) is 0. The van der Waals surface area contributed by atoms with Crippen molar-refractivity contribution in [1.29, 1.82) is 0 Å². The highest BCUT2D eigenvalue weighted by Gasteiger charge is 2.42. The summed E-state index contributed by atoms with van der Waals surface area (Å²) in [5, 5.41) is 13.7. The van der Waals surface area contributed by atoms with Crippen molar-refractivity contribution in [2.75, 3.05) is 0 Å². The molecule has 2 atom stereocenters. The van der Waals surface area contributed by atoms with Gasteiger partial charge in [-0.15, -0.1) is 0 Å². The second-order valence-electron chi connectivity index (χ2n) is 6.54. The Balaban J connectivity index is 1.75. The van der Waals surface area contributed by atoms with E-state index >= 15 is 0 Å². The van der Waals surface area contributed by atoms with E-state index in [0.717, 1.165) is 50.8 Å². The number of carboxylic acids is 1. The van der Waals surface area contributed by atoms with Crippen LogP contribution in [0.5, 0.6) is 0 Å². The van der Waals surface area contributed by atoms with Crippen LogP contribution in [-0.2, 0) is 11.2 Å². The fourth-order valence-electron chi connectivity index (χ4n) is 3.33. The van der Waals surface area contributed by atoms with Crippen LogP contribution in [0, 0.1) is 11.3 Å². The van der Waals surface area contributed by atoms with Gasteiger partial charge in [0.2, 0.25) is 5.89 Å². The quantitative estimate of drug-likeness (QED) is 0.856. The monoisotopic (exact) mass is 278 g/mol. The van der Waals surface area contributed by atoms with E-state index in [0.29, 0.717) is 24.1 Å². The van der Waals surface area contributed by atoms with Gasteiger partial charge < -0.3 is 9.63 Å². The van der Waals surface area contributed by atoms with Crippen LogP contribution >= 0.6 is 0 Å². The van der Waals surface area contributed by atoms with Gasteiger partial charge in [-0.25, -0.2) is 0 Å². The highest BCUT2D eigenvalue weighted by Crippen LogP contribution is 2.46. The standard InChI is InChI=1S/C15H22N2O3/c1-10-8-11(10)13-16-12(20-17-13)9-15(14(18)19)6-4-2-3-5-7-15/h10-11H,2-9H2,1H3,(H,18,19). The van der Waals surface area contributed by atoms with Gasteiger partial charge in [0.25, 0.3) is 0 Å². The van der Waals surface area contributed by atoms with E-state index in [1.807, 2.05) is 0 Å². The van der Waals surface area contributed by atoms with Crippen LogP contribution in [0.4, 0.5) is 0 Å². The third kappa shape index (κ3) is 2.58. The number of carbonyl (C=O) groups is 1. The average Bonchev–Trinajstić information content (AvgIpc) is 3.04. The van der Waals surface area contributed by atoms with Crippen LogP contribution in [-0.4, -0.2) is 21.2 Å². The first-order chi connectivity index (χ1) is 9.61. The molecule has 0 aliphatic heterocycles. The predicted octanol–water partition coefficient (Wildman–Crippen LogP) is 3.16. The summed E-state index contributed by atoms with van der Waals surface area (Å²) in [5.74, 6) is 1.61. The van der Waals surface area contributed by atoms with E-state index in [1.165, 1.54) is 0 Å². The summed E-state index contributed by atoms with van der Waals surface area (Å²) >= 11 is 0. The molecule has 2 fully saturated rings. The molecule has 0 spiro atoms. The van der Waals surface area contributed by atoms with Gasteiger partial charge in [0, 0.05) is 12.3 Å². The third-order valence-electron chi connectivity index (χ3n) is 4.93. The molecule has 0 bridgehead atoms. The minimum atomic E-state index is -0.709. The second kappa shape index (κ2) is 5.19. The topological polar surface area (TPSA) is 76.2 Å². The first-order valence-corrected chi connectivity index (χ1v) is 7.67. The lowest BCUT2D eigenvalue weighted by Gasteiger charge is -2.26. The fraction of sp³-hybridized carbons (Fsp3) is 0.800. The maximum absolute atomic E-state index is 11.7. The molecule has 0 aromatic carbocycles. The zero-order valence-corrected chi connectivity index (χ0v) is 12.0. The van der Waals surface area contributed by atoms with Crippen molar-refractivity contribution in [3.8, 4) is 0 Å². The smallest absolute Gasteiger partial charge is 0.310 e. The normalized spacial score (nSPS) is 28.9. The van der Waals surface area contributed by atoms with E-state index in [2.05, 4.69) is 17.1 Å². The third-order valence-corrected chi connectivity index (χ3v) is 4.93. The lowest BCUT2D eigenvalue weighted by molar-refractivity contribution is -0.150. The van der Waals surface area contributed by atoms with E-state index in [1.54, 1.807) is 0 Å². The number of rotatable bonds is 4. The highest BCUT2D eigenvalue weighted by atomic mass is 16.5. The van der Waals surface area contributed by atoms with Crippen molar-refractivity contribution < 1.29 is 14.4 Å². The number of nitrogens with zero attached hydrogens (tertiary/aromatic N) is 2. The SMILES string of the molecule is CC1CC1c1noc(CC2(C(=O)O)CCCCCC2)n1. The van der Waals surface area contributed by atoms with Gasteiger partial charge in [-0.05, 0) is 25.2 Å². The molecule has 1 aromatic heterocycles. The lowest BCUT2D eigenvalue weighted by Crippen LogP contribution is -2.33. The summed E-state index contributed by atoms with van der Waals surface area (Å²) in [5.41, 5.74) is -0.699. The maximum Gasteiger partial charge on any atom is 0.310 e. The first kappa shape index (κ1) is 13.6. The lowest BCUT2D eigenvalue weighted by atomic mass is 9.77.